The predicted molar refractivity (Wildman–Crippen MR) is 94.6 cm³/mol. The van der Waals surface area contributed by atoms with Gasteiger partial charge < -0.3 is 14.2 Å². The van der Waals surface area contributed by atoms with E-state index in [9.17, 15) is 0 Å². The van der Waals surface area contributed by atoms with Gasteiger partial charge in [-0.05, 0) is 19.3 Å². The SMILES string of the molecule is Cc1nnc(CN2CCN(c3cc(N4CCCCC4)ncn3)CC2)o1. The quantitative estimate of drug-likeness (QED) is 0.826. The van der Waals surface area contributed by atoms with E-state index in [1.807, 2.05) is 6.92 Å². The summed E-state index contributed by atoms with van der Waals surface area (Å²) in [4.78, 5) is 16.0. The van der Waals surface area contributed by atoms with Crippen molar-refractivity contribution in [1.29, 1.82) is 0 Å². The molecule has 4 heterocycles. The van der Waals surface area contributed by atoms with E-state index in [0.29, 0.717) is 11.8 Å². The van der Waals surface area contributed by atoms with Crippen molar-refractivity contribution in [3.8, 4) is 0 Å². The minimum Gasteiger partial charge on any atom is -0.424 e. The molecule has 134 valence electrons. The van der Waals surface area contributed by atoms with Crippen LogP contribution in [0, 0.1) is 6.92 Å². The summed E-state index contributed by atoms with van der Waals surface area (Å²) >= 11 is 0. The van der Waals surface area contributed by atoms with E-state index in [0.717, 1.165) is 57.4 Å². The van der Waals surface area contributed by atoms with Crippen molar-refractivity contribution in [2.24, 2.45) is 0 Å². The van der Waals surface area contributed by atoms with Crippen LogP contribution in [0.15, 0.2) is 16.8 Å². The molecule has 0 saturated carbocycles. The van der Waals surface area contributed by atoms with Crippen LogP contribution in [0.1, 0.15) is 31.0 Å². The minimum atomic E-state index is 0.625. The molecular formula is C17H25N7O. The van der Waals surface area contributed by atoms with Crippen LogP contribution in [0.25, 0.3) is 0 Å². The highest BCUT2D eigenvalue weighted by Crippen LogP contribution is 2.22. The fourth-order valence-corrected chi connectivity index (χ4v) is 3.53. The number of hydrogen-bond donors (Lipinski definition) is 0. The fraction of sp³-hybridized carbons (Fsp3) is 0.647. The Kier molecular flexibility index (Phi) is 4.78. The average molecular weight is 343 g/mol. The highest BCUT2D eigenvalue weighted by Gasteiger charge is 2.21. The smallest absolute Gasteiger partial charge is 0.230 e. The minimum absolute atomic E-state index is 0.625. The lowest BCUT2D eigenvalue weighted by atomic mass is 10.1. The molecule has 2 fully saturated rings. The number of aryl methyl sites for hydroxylation is 1. The summed E-state index contributed by atoms with van der Waals surface area (Å²) in [6.07, 6.45) is 5.54. The van der Waals surface area contributed by atoms with E-state index < -0.39 is 0 Å². The van der Waals surface area contributed by atoms with E-state index in [2.05, 4.69) is 40.9 Å². The molecule has 0 radical (unpaired) electrons. The second-order valence-corrected chi connectivity index (χ2v) is 6.76. The second kappa shape index (κ2) is 7.35. The second-order valence-electron chi connectivity index (χ2n) is 6.76. The van der Waals surface area contributed by atoms with E-state index in [1.54, 1.807) is 6.33 Å². The summed E-state index contributed by atoms with van der Waals surface area (Å²) in [5.41, 5.74) is 0. The van der Waals surface area contributed by atoms with Gasteiger partial charge in [-0.1, -0.05) is 0 Å². The number of nitrogens with zero attached hydrogens (tertiary/aromatic N) is 7. The Labute approximate surface area is 147 Å². The predicted octanol–water partition coefficient (Wildman–Crippen LogP) is 1.48. The normalized spacial score (nSPS) is 19.4. The van der Waals surface area contributed by atoms with Crippen LogP contribution in [0.5, 0.6) is 0 Å². The molecular weight excluding hydrogens is 318 g/mol. The molecule has 25 heavy (non-hydrogen) atoms. The fourth-order valence-electron chi connectivity index (χ4n) is 3.53. The number of piperazine rings is 1. The van der Waals surface area contributed by atoms with E-state index in [1.165, 1.54) is 19.3 Å². The van der Waals surface area contributed by atoms with Gasteiger partial charge in [0.1, 0.15) is 18.0 Å². The van der Waals surface area contributed by atoms with E-state index in [-0.39, 0.29) is 0 Å². The lowest BCUT2D eigenvalue weighted by molar-refractivity contribution is 0.224. The van der Waals surface area contributed by atoms with Crippen LogP contribution in [0.2, 0.25) is 0 Å². The first-order chi connectivity index (χ1) is 12.3. The van der Waals surface area contributed by atoms with E-state index in [4.69, 9.17) is 4.42 Å². The topological polar surface area (TPSA) is 74.4 Å². The Hall–Kier alpha value is -2.22. The molecule has 2 aliphatic rings. The number of hydrogen-bond acceptors (Lipinski definition) is 8. The van der Waals surface area contributed by atoms with Gasteiger partial charge in [0.05, 0.1) is 6.54 Å². The monoisotopic (exact) mass is 343 g/mol. The largest absolute Gasteiger partial charge is 0.424 e. The third-order valence-electron chi connectivity index (χ3n) is 4.94. The maximum absolute atomic E-state index is 5.48. The summed E-state index contributed by atoms with van der Waals surface area (Å²) in [5.74, 6) is 3.41. The molecule has 0 amide bonds. The molecule has 0 N–H and O–H groups in total. The van der Waals surface area contributed by atoms with Crippen LogP contribution in [-0.4, -0.2) is 64.3 Å². The first-order valence-electron chi connectivity index (χ1n) is 9.11. The number of piperidine rings is 1. The summed E-state index contributed by atoms with van der Waals surface area (Å²) in [7, 11) is 0. The summed E-state index contributed by atoms with van der Waals surface area (Å²) in [6.45, 7) is 8.57. The van der Waals surface area contributed by atoms with Crippen molar-refractivity contribution in [3.05, 3.63) is 24.2 Å². The molecule has 4 rings (SSSR count). The summed E-state index contributed by atoms with van der Waals surface area (Å²) in [6, 6.07) is 2.14. The van der Waals surface area contributed by atoms with Crippen molar-refractivity contribution in [2.45, 2.75) is 32.7 Å². The van der Waals surface area contributed by atoms with Gasteiger partial charge in [-0.2, -0.15) is 0 Å². The molecule has 0 unspecified atom stereocenters. The van der Waals surface area contributed by atoms with Gasteiger partial charge in [-0.25, -0.2) is 9.97 Å². The Balaban J connectivity index is 1.35. The zero-order chi connectivity index (χ0) is 17.1. The third kappa shape index (κ3) is 3.89. The van der Waals surface area contributed by atoms with Crippen molar-refractivity contribution < 1.29 is 4.42 Å². The molecule has 2 saturated heterocycles. The summed E-state index contributed by atoms with van der Waals surface area (Å²) < 4.78 is 5.48. The number of anilines is 2. The van der Waals surface area contributed by atoms with Crippen LogP contribution >= 0.6 is 0 Å². The van der Waals surface area contributed by atoms with Gasteiger partial charge in [0.15, 0.2) is 0 Å². The first kappa shape index (κ1) is 16.3. The van der Waals surface area contributed by atoms with Crippen molar-refractivity contribution in [1.82, 2.24) is 25.1 Å². The molecule has 0 aromatic carbocycles. The number of rotatable bonds is 4. The lowest BCUT2D eigenvalue weighted by Crippen LogP contribution is -2.46. The average Bonchev–Trinajstić information content (AvgIpc) is 3.08. The van der Waals surface area contributed by atoms with Gasteiger partial charge in [-0.15, -0.1) is 10.2 Å². The zero-order valence-corrected chi connectivity index (χ0v) is 14.8. The number of aromatic nitrogens is 4. The molecule has 0 atom stereocenters. The maximum Gasteiger partial charge on any atom is 0.230 e. The molecule has 8 heteroatoms. The molecule has 8 nitrogen and oxygen atoms in total. The third-order valence-corrected chi connectivity index (χ3v) is 4.94. The van der Waals surface area contributed by atoms with Crippen molar-refractivity contribution in [3.63, 3.8) is 0 Å². The Morgan fingerprint density at radius 1 is 0.880 bits per heavy atom. The highest BCUT2D eigenvalue weighted by molar-refractivity contribution is 5.50. The molecule has 0 bridgehead atoms. The van der Waals surface area contributed by atoms with Gasteiger partial charge in [0, 0.05) is 52.3 Å². The highest BCUT2D eigenvalue weighted by atomic mass is 16.4. The van der Waals surface area contributed by atoms with E-state index >= 15 is 0 Å². The van der Waals surface area contributed by atoms with Gasteiger partial charge in [0.25, 0.3) is 0 Å². The summed E-state index contributed by atoms with van der Waals surface area (Å²) in [5, 5.41) is 7.98. The Morgan fingerprint density at radius 3 is 2.20 bits per heavy atom. The van der Waals surface area contributed by atoms with Gasteiger partial charge in [-0.3, -0.25) is 4.90 Å². The Morgan fingerprint density at radius 2 is 1.56 bits per heavy atom. The van der Waals surface area contributed by atoms with Gasteiger partial charge >= 0.3 is 0 Å². The van der Waals surface area contributed by atoms with Gasteiger partial charge in [0.2, 0.25) is 11.8 Å². The van der Waals surface area contributed by atoms with Crippen LogP contribution in [0.4, 0.5) is 11.6 Å². The standard InChI is InChI=1S/C17H25N7O/c1-14-20-21-17(25-14)12-22-7-9-24(10-8-22)16-11-15(18-13-19-16)23-5-3-2-4-6-23/h11,13H,2-10,12H2,1H3. The first-order valence-corrected chi connectivity index (χ1v) is 9.11. The van der Waals surface area contributed by atoms with Crippen LogP contribution in [-0.2, 0) is 6.54 Å². The van der Waals surface area contributed by atoms with Crippen molar-refractivity contribution >= 4 is 11.6 Å². The molecule has 2 aromatic rings. The zero-order valence-electron chi connectivity index (χ0n) is 14.8. The van der Waals surface area contributed by atoms with Crippen LogP contribution in [0.3, 0.4) is 0 Å². The molecule has 0 aliphatic carbocycles. The lowest BCUT2D eigenvalue weighted by Gasteiger charge is -2.35. The Bertz CT molecular complexity index is 690. The van der Waals surface area contributed by atoms with Crippen molar-refractivity contribution in [2.75, 3.05) is 49.1 Å². The molecule has 2 aromatic heterocycles. The molecule has 0 spiro atoms. The van der Waals surface area contributed by atoms with Crippen LogP contribution < -0.4 is 9.80 Å². The maximum atomic E-state index is 5.48. The molecule has 2 aliphatic heterocycles.